The van der Waals surface area contributed by atoms with Gasteiger partial charge in [0.25, 0.3) is 0 Å². The number of aromatic nitrogens is 1. The van der Waals surface area contributed by atoms with Gasteiger partial charge in [-0.1, -0.05) is 29.8 Å². The van der Waals surface area contributed by atoms with E-state index in [2.05, 4.69) is 9.88 Å². The van der Waals surface area contributed by atoms with Crippen molar-refractivity contribution in [2.24, 2.45) is 0 Å². The van der Waals surface area contributed by atoms with Crippen LogP contribution in [0.5, 0.6) is 0 Å². The second-order valence-electron chi connectivity index (χ2n) is 9.66. The zero-order chi connectivity index (χ0) is 28.8. The van der Waals surface area contributed by atoms with Crippen LogP contribution in [-0.2, 0) is 9.47 Å². The Morgan fingerprint density at radius 3 is 2.27 bits per heavy atom. The Hall–Kier alpha value is -4.17. The molecule has 1 fully saturated rings. The number of halogens is 1. The van der Waals surface area contributed by atoms with E-state index < -0.39 is 0 Å². The molecule has 1 aliphatic rings. The minimum Gasteiger partial charge on any atom is -0.508 e. The molecule has 4 aromatic rings. The summed E-state index contributed by atoms with van der Waals surface area (Å²) in [6.45, 7) is 3.51. The van der Waals surface area contributed by atoms with E-state index in [9.17, 15) is 9.90 Å². The quantitative estimate of drug-likeness (QED) is 0.156. The number of pyridine rings is 1. The lowest BCUT2D eigenvalue weighted by molar-refractivity contribution is -0.0445. The molecule has 1 aliphatic heterocycles. The van der Waals surface area contributed by atoms with Crippen molar-refractivity contribution < 1.29 is 19.4 Å². The SMILES string of the molecule is C/C=C(/O)c1cc(C(=O)c2ccc(N(C)c3ccc(Cl)cc3)cn2)cc(N(CCC2OCCO2)c2ccccc2)c1. The van der Waals surface area contributed by atoms with Crippen LogP contribution in [0.3, 0.4) is 0 Å². The van der Waals surface area contributed by atoms with Gasteiger partial charge in [0.1, 0.15) is 11.5 Å². The first kappa shape index (κ1) is 28.4. The number of hydrogen-bond acceptors (Lipinski definition) is 7. The number of para-hydroxylation sites is 1. The Morgan fingerprint density at radius 2 is 1.61 bits per heavy atom. The number of hydrogen-bond donors (Lipinski definition) is 1. The molecular formula is C33H32ClN3O4. The largest absolute Gasteiger partial charge is 0.508 e. The molecule has 0 aliphatic carbocycles. The summed E-state index contributed by atoms with van der Waals surface area (Å²) in [5.41, 5.74) is 4.77. The van der Waals surface area contributed by atoms with Gasteiger partial charge in [-0.2, -0.15) is 0 Å². The predicted octanol–water partition coefficient (Wildman–Crippen LogP) is 7.55. The zero-order valence-corrected chi connectivity index (χ0v) is 23.8. The monoisotopic (exact) mass is 569 g/mol. The van der Waals surface area contributed by atoms with E-state index in [1.165, 1.54) is 0 Å². The van der Waals surface area contributed by atoms with Crippen molar-refractivity contribution in [1.82, 2.24) is 4.98 Å². The number of carbonyl (C=O) groups is 1. The maximum atomic E-state index is 13.7. The number of ether oxygens (including phenoxy) is 2. The average molecular weight is 570 g/mol. The first-order chi connectivity index (χ1) is 19.9. The third kappa shape index (κ3) is 6.77. The Balaban J connectivity index is 1.46. The van der Waals surface area contributed by atoms with Crippen LogP contribution < -0.4 is 9.80 Å². The van der Waals surface area contributed by atoms with Gasteiger partial charge in [0.2, 0.25) is 5.78 Å². The predicted molar refractivity (Wildman–Crippen MR) is 164 cm³/mol. The van der Waals surface area contributed by atoms with Gasteiger partial charge >= 0.3 is 0 Å². The summed E-state index contributed by atoms with van der Waals surface area (Å²) in [5, 5.41) is 11.3. The van der Waals surface area contributed by atoms with Gasteiger partial charge in [-0.15, -0.1) is 0 Å². The van der Waals surface area contributed by atoms with Crippen LogP contribution in [0.4, 0.5) is 22.7 Å². The highest BCUT2D eigenvalue weighted by atomic mass is 35.5. The third-order valence-corrected chi connectivity index (χ3v) is 7.24. The lowest BCUT2D eigenvalue weighted by Crippen LogP contribution is -2.23. The average Bonchev–Trinajstić information content (AvgIpc) is 3.55. The molecule has 0 unspecified atom stereocenters. The molecule has 8 heteroatoms. The van der Waals surface area contributed by atoms with Crippen molar-refractivity contribution in [1.29, 1.82) is 0 Å². The van der Waals surface area contributed by atoms with Crippen LogP contribution in [-0.4, -0.2) is 49.0 Å². The Morgan fingerprint density at radius 1 is 0.927 bits per heavy atom. The Bertz CT molecular complexity index is 1500. The number of rotatable bonds is 10. The highest BCUT2D eigenvalue weighted by Gasteiger charge is 2.21. The summed E-state index contributed by atoms with van der Waals surface area (Å²) in [5.74, 6) is -0.155. The summed E-state index contributed by atoms with van der Waals surface area (Å²) in [4.78, 5) is 22.3. The number of benzene rings is 3. The number of carbonyl (C=O) groups excluding carboxylic acids is 1. The van der Waals surface area contributed by atoms with Crippen molar-refractivity contribution in [3.8, 4) is 0 Å². The molecule has 210 valence electrons. The van der Waals surface area contributed by atoms with Gasteiger partial charge in [0.05, 0.1) is 25.1 Å². The van der Waals surface area contributed by atoms with Gasteiger partial charge in [0, 0.05) is 53.2 Å². The number of allylic oxidation sites excluding steroid dienone is 1. The molecule has 0 bridgehead atoms. The summed E-state index contributed by atoms with van der Waals surface area (Å²) in [6.07, 6.45) is 3.65. The molecule has 0 radical (unpaired) electrons. The summed E-state index contributed by atoms with van der Waals surface area (Å²) in [6, 6.07) is 26.4. The second-order valence-corrected chi connectivity index (χ2v) is 10.1. The van der Waals surface area contributed by atoms with Crippen molar-refractivity contribution in [3.63, 3.8) is 0 Å². The molecule has 0 saturated carbocycles. The van der Waals surface area contributed by atoms with Crippen molar-refractivity contribution in [2.75, 3.05) is 36.6 Å². The van der Waals surface area contributed by atoms with Gasteiger partial charge in [-0.05, 0) is 79.7 Å². The number of aliphatic hydroxyl groups excluding tert-OH is 1. The maximum Gasteiger partial charge on any atom is 0.211 e. The lowest BCUT2D eigenvalue weighted by Gasteiger charge is -2.27. The van der Waals surface area contributed by atoms with Gasteiger partial charge in [-0.3, -0.25) is 9.78 Å². The molecule has 0 amide bonds. The van der Waals surface area contributed by atoms with E-state index in [4.69, 9.17) is 21.1 Å². The second kappa shape index (κ2) is 13.0. The molecule has 0 spiro atoms. The fraction of sp³-hybridized carbons (Fsp3) is 0.212. The molecule has 0 atom stereocenters. The lowest BCUT2D eigenvalue weighted by atomic mass is 10.0. The Kier molecular flexibility index (Phi) is 8.99. The molecular weight excluding hydrogens is 538 g/mol. The molecule has 2 heterocycles. The summed E-state index contributed by atoms with van der Waals surface area (Å²) >= 11 is 6.03. The molecule has 1 saturated heterocycles. The third-order valence-electron chi connectivity index (χ3n) is 6.99. The van der Waals surface area contributed by atoms with Gasteiger partial charge < -0.3 is 24.4 Å². The smallest absolute Gasteiger partial charge is 0.211 e. The van der Waals surface area contributed by atoms with E-state index in [-0.39, 0.29) is 17.8 Å². The van der Waals surface area contributed by atoms with Crippen molar-refractivity contribution in [3.05, 3.63) is 119 Å². The first-order valence-corrected chi connectivity index (χ1v) is 13.9. The standard InChI is InChI=1S/C33H32ClN3O4/c1-3-31(38)23-19-24(33(39)30-14-13-28(22-35-30)36(2)26-11-9-25(34)10-12-26)21-29(20-23)37(27-7-5-4-6-8-27)16-15-32-40-17-18-41-32/h3-14,19-22,32,38H,15-18H2,1-2H3/b31-3+. The number of anilines is 4. The fourth-order valence-electron chi connectivity index (χ4n) is 4.72. The Labute approximate surface area is 245 Å². The molecule has 7 nitrogen and oxygen atoms in total. The van der Waals surface area contributed by atoms with Crippen molar-refractivity contribution >= 4 is 45.9 Å². The van der Waals surface area contributed by atoms with Gasteiger partial charge in [0.15, 0.2) is 6.29 Å². The normalized spacial score (nSPS) is 13.8. The van der Waals surface area contributed by atoms with Crippen LogP contribution in [0.1, 0.15) is 35.0 Å². The maximum absolute atomic E-state index is 13.7. The molecule has 41 heavy (non-hydrogen) atoms. The fourth-order valence-corrected chi connectivity index (χ4v) is 4.84. The highest BCUT2D eigenvalue weighted by molar-refractivity contribution is 6.30. The van der Waals surface area contributed by atoms with Crippen LogP contribution in [0, 0.1) is 0 Å². The van der Waals surface area contributed by atoms with Crippen LogP contribution >= 0.6 is 11.6 Å². The van der Waals surface area contributed by atoms with Crippen molar-refractivity contribution in [2.45, 2.75) is 19.6 Å². The topological polar surface area (TPSA) is 75.1 Å². The molecule has 3 aromatic carbocycles. The van der Waals surface area contributed by atoms with E-state index in [1.54, 1.807) is 31.3 Å². The van der Waals surface area contributed by atoms with Crippen LogP contribution in [0.15, 0.2) is 97.2 Å². The van der Waals surface area contributed by atoms with E-state index >= 15 is 0 Å². The minimum absolute atomic E-state index is 0.0873. The van der Waals surface area contributed by atoms with E-state index in [1.807, 2.05) is 84.7 Å². The number of nitrogens with zero attached hydrogens (tertiary/aromatic N) is 3. The highest BCUT2D eigenvalue weighted by Crippen LogP contribution is 2.31. The van der Waals surface area contributed by atoms with Gasteiger partial charge in [-0.25, -0.2) is 0 Å². The minimum atomic E-state index is -0.275. The molecule has 5 rings (SSSR count). The van der Waals surface area contributed by atoms with Crippen LogP contribution in [0.25, 0.3) is 5.76 Å². The summed E-state index contributed by atoms with van der Waals surface area (Å²) in [7, 11) is 1.93. The number of ketones is 1. The van der Waals surface area contributed by atoms with E-state index in [0.29, 0.717) is 48.0 Å². The van der Waals surface area contributed by atoms with Crippen LogP contribution in [0.2, 0.25) is 5.02 Å². The molecule has 1 aromatic heterocycles. The summed E-state index contributed by atoms with van der Waals surface area (Å²) < 4.78 is 11.3. The molecule has 1 N–H and O–H groups in total. The first-order valence-electron chi connectivity index (χ1n) is 13.5. The zero-order valence-electron chi connectivity index (χ0n) is 23.0. The number of aliphatic hydroxyl groups is 1. The van der Waals surface area contributed by atoms with E-state index in [0.717, 1.165) is 22.7 Å².